The lowest BCUT2D eigenvalue weighted by Gasteiger charge is -1.80. The minimum Gasteiger partial charge on any atom is -0.463 e. The number of hydrogen-bond acceptors (Lipinski definition) is 2. The first-order valence-electron chi connectivity index (χ1n) is 2.39. The highest BCUT2D eigenvalue weighted by molar-refractivity contribution is 5.74. The Hall–Kier alpha value is -1.05. The molecule has 0 spiro atoms. The molecule has 1 heterocycles. The second kappa shape index (κ2) is 1.82. The van der Waals surface area contributed by atoms with E-state index in [0.717, 1.165) is 5.56 Å². The second-order valence-electron chi connectivity index (χ2n) is 1.61. The molecule has 1 rings (SSSR count). The fraction of sp³-hybridized carbons (Fsp3) is 0.167. The smallest absolute Gasteiger partial charge is 0.147 e. The van der Waals surface area contributed by atoms with Gasteiger partial charge in [0, 0.05) is 0 Å². The van der Waals surface area contributed by atoms with Crippen LogP contribution in [0.25, 0.3) is 0 Å². The van der Waals surface area contributed by atoms with Crippen LogP contribution in [0.2, 0.25) is 0 Å². The van der Waals surface area contributed by atoms with Gasteiger partial charge in [0.15, 0.2) is 0 Å². The van der Waals surface area contributed by atoms with Crippen molar-refractivity contribution in [2.24, 2.45) is 0 Å². The summed E-state index contributed by atoms with van der Waals surface area (Å²) in [5.41, 5.74) is 1.01. The number of rotatable bonds is 1. The number of aryl methyl sites for hydroxylation is 1. The maximum Gasteiger partial charge on any atom is 0.147 e. The van der Waals surface area contributed by atoms with Crippen LogP contribution < -0.4 is 0 Å². The van der Waals surface area contributed by atoms with Crippen molar-refractivity contribution in [2.75, 3.05) is 0 Å². The van der Waals surface area contributed by atoms with Gasteiger partial charge in [-0.2, -0.15) is 0 Å². The van der Waals surface area contributed by atoms with Gasteiger partial charge in [-0.3, -0.25) is 0 Å². The zero-order chi connectivity index (χ0) is 5.98. The van der Waals surface area contributed by atoms with Crippen molar-refractivity contribution in [1.82, 2.24) is 0 Å². The summed E-state index contributed by atoms with van der Waals surface area (Å²) in [6, 6.07) is 1.83. The van der Waals surface area contributed by atoms with Crippen molar-refractivity contribution in [3.8, 4) is 0 Å². The molecule has 0 aliphatic heterocycles. The van der Waals surface area contributed by atoms with E-state index in [1.54, 1.807) is 6.26 Å². The van der Waals surface area contributed by atoms with E-state index in [9.17, 15) is 0 Å². The summed E-state index contributed by atoms with van der Waals surface area (Å²) in [4.78, 5) is 0. The van der Waals surface area contributed by atoms with Gasteiger partial charge in [-0.05, 0) is 18.6 Å². The summed E-state index contributed by atoms with van der Waals surface area (Å²) < 4.78 is 4.87. The molecule has 0 aromatic carbocycles. The van der Waals surface area contributed by atoms with Crippen LogP contribution in [-0.4, -0.2) is 6.21 Å². The van der Waals surface area contributed by atoms with Gasteiger partial charge in [0.1, 0.15) is 5.76 Å². The van der Waals surface area contributed by atoms with E-state index in [0.29, 0.717) is 5.76 Å². The summed E-state index contributed by atoms with van der Waals surface area (Å²) in [5.74, 6) is 0.644. The lowest BCUT2D eigenvalue weighted by Crippen LogP contribution is -1.74. The molecule has 1 aromatic heterocycles. The molecule has 1 N–H and O–H groups in total. The molecule has 0 atom stereocenters. The van der Waals surface area contributed by atoms with Crippen molar-refractivity contribution in [3.05, 3.63) is 23.7 Å². The minimum atomic E-state index is 0.644. The largest absolute Gasteiger partial charge is 0.463 e. The van der Waals surface area contributed by atoms with Crippen LogP contribution in [0.3, 0.4) is 0 Å². The van der Waals surface area contributed by atoms with E-state index >= 15 is 0 Å². The third kappa shape index (κ3) is 0.644. The fourth-order valence-electron chi connectivity index (χ4n) is 0.532. The molecule has 0 radical (unpaired) electrons. The molecule has 2 nitrogen and oxygen atoms in total. The number of hydrogen-bond donors (Lipinski definition) is 1. The van der Waals surface area contributed by atoms with Gasteiger partial charge >= 0.3 is 0 Å². The molecule has 0 amide bonds. The average Bonchev–Trinajstić information content (AvgIpc) is 2.14. The third-order valence-corrected chi connectivity index (χ3v) is 1.03. The Bertz CT molecular complexity index is 190. The molecular weight excluding hydrogens is 102 g/mol. The highest BCUT2D eigenvalue weighted by atomic mass is 16.3. The zero-order valence-electron chi connectivity index (χ0n) is 4.64. The topological polar surface area (TPSA) is 37.0 Å². The third-order valence-electron chi connectivity index (χ3n) is 1.03. The zero-order valence-corrected chi connectivity index (χ0v) is 4.64. The Morgan fingerprint density at radius 2 is 2.50 bits per heavy atom. The Morgan fingerprint density at radius 1 is 1.75 bits per heavy atom. The lowest BCUT2D eigenvalue weighted by molar-refractivity contribution is 0.558. The van der Waals surface area contributed by atoms with Crippen molar-refractivity contribution in [1.29, 1.82) is 5.41 Å². The lowest BCUT2D eigenvalue weighted by atomic mass is 10.3. The summed E-state index contributed by atoms with van der Waals surface area (Å²) in [7, 11) is 0. The van der Waals surface area contributed by atoms with Gasteiger partial charge in [-0.1, -0.05) is 0 Å². The summed E-state index contributed by atoms with van der Waals surface area (Å²) in [6.07, 6.45) is 2.78. The molecule has 0 bridgehead atoms. The molecule has 0 aliphatic rings. The van der Waals surface area contributed by atoms with Crippen molar-refractivity contribution in [3.63, 3.8) is 0 Å². The van der Waals surface area contributed by atoms with Crippen LogP contribution in [-0.2, 0) is 0 Å². The molecule has 1 aromatic rings. The van der Waals surface area contributed by atoms with Crippen molar-refractivity contribution in [2.45, 2.75) is 6.92 Å². The summed E-state index contributed by atoms with van der Waals surface area (Å²) >= 11 is 0. The van der Waals surface area contributed by atoms with Gasteiger partial charge in [0.25, 0.3) is 0 Å². The summed E-state index contributed by atoms with van der Waals surface area (Å²) in [6.45, 7) is 1.91. The maximum atomic E-state index is 6.78. The van der Waals surface area contributed by atoms with Crippen LogP contribution in [0.1, 0.15) is 11.3 Å². The van der Waals surface area contributed by atoms with Gasteiger partial charge in [0.2, 0.25) is 0 Å². The molecule has 2 heteroatoms. The van der Waals surface area contributed by atoms with Gasteiger partial charge in [-0.15, -0.1) is 0 Å². The fourth-order valence-corrected chi connectivity index (χ4v) is 0.532. The number of nitrogens with one attached hydrogen (secondary N) is 1. The maximum absolute atomic E-state index is 6.78. The number of furan rings is 1. The molecule has 0 fully saturated rings. The Kier molecular flexibility index (Phi) is 1.16. The molecule has 0 saturated heterocycles. The van der Waals surface area contributed by atoms with Gasteiger partial charge in [-0.25, -0.2) is 0 Å². The van der Waals surface area contributed by atoms with Crippen LogP contribution in [0, 0.1) is 12.3 Å². The normalized spacial score (nSPS) is 9.12. The Morgan fingerprint density at radius 3 is 2.75 bits per heavy atom. The first-order chi connectivity index (χ1) is 3.84. The van der Waals surface area contributed by atoms with Crippen LogP contribution in [0.4, 0.5) is 0 Å². The van der Waals surface area contributed by atoms with E-state index in [1.807, 2.05) is 13.0 Å². The Balaban J connectivity index is 3.09. The van der Waals surface area contributed by atoms with Crippen LogP contribution >= 0.6 is 0 Å². The molecule has 42 valence electrons. The van der Waals surface area contributed by atoms with E-state index in [2.05, 4.69) is 0 Å². The predicted molar refractivity (Wildman–Crippen MR) is 31.3 cm³/mol. The standard InChI is InChI=1S/C6H7NO/c1-5-2-3-8-6(5)4-7/h2-4,7H,1H3. The molecule has 0 aliphatic carbocycles. The first kappa shape index (κ1) is 5.09. The first-order valence-corrected chi connectivity index (χ1v) is 2.39. The van der Waals surface area contributed by atoms with Crippen molar-refractivity contribution >= 4 is 6.21 Å². The van der Waals surface area contributed by atoms with Crippen LogP contribution in [0.5, 0.6) is 0 Å². The highest BCUT2D eigenvalue weighted by Gasteiger charge is 1.93. The molecular formula is C6H7NO. The average molecular weight is 109 g/mol. The van der Waals surface area contributed by atoms with E-state index in [4.69, 9.17) is 9.83 Å². The van der Waals surface area contributed by atoms with E-state index < -0.39 is 0 Å². The monoisotopic (exact) mass is 109 g/mol. The highest BCUT2D eigenvalue weighted by Crippen LogP contribution is 2.03. The Labute approximate surface area is 47.6 Å². The summed E-state index contributed by atoms with van der Waals surface area (Å²) in [5, 5.41) is 6.78. The van der Waals surface area contributed by atoms with Crippen molar-refractivity contribution < 1.29 is 4.42 Å². The predicted octanol–water partition coefficient (Wildman–Crippen LogP) is 1.59. The minimum absolute atomic E-state index is 0.644. The SMILES string of the molecule is Cc1ccoc1C=N. The molecule has 0 unspecified atom stereocenters. The van der Waals surface area contributed by atoms with Crippen LogP contribution in [0.15, 0.2) is 16.7 Å². The van der Waals surface area contributed by atoms with Gasteiger partial charge < -0.3 is 9.83 Å². The van der Waals surface area contributed by atoms with E-state index in [1.165, 1.54) is 6.21 Å². The molecule has 0 saturated carbocycles. The second-order valence-corrected chi connectivity index (χ2v) is 1.61. The molecule has 8 heavy (non-hydrogen) atoms. The van der Waals surface area contributed by atoms with Gasteiger partial charge in [0.05, 0.1) is 12.5 Å². The quantitative estimate of drug-likeness (QED) is 0.546. The van der Waals surface area contributed by atoms with E-state index in [-0.39, 0.29) is 0 Å².